The van der Waals surface area contributed by atoms with Gasteiger partial charge in [0.2, 0.25) is 0 Å². The van der Waals surface area contributed by atoms with Crippen molar-refractivity contribution in [2.75, 3.05) is 13.2 Å². The van der Waals surface area contributed by atoms with E-state index in [4.69, 9.17) is 9.47 Å². The molecule has 1 unspecified atom stereocenters. The average molecular weight is 976 g/mol. The molecule has 0 amide bonds. The first-order chi connectivity index (χ1) is 34.6. The van der Waals surface area contributed by atoms with Crippen molar-refractivity contribution in [3.05, 3.63) is 85.1 Å². The second-order valence-corrected chi connectivity index (χ2v) is 20.1. The topological polar surface area (TPSA) is 72.8 Å². The Bertz CT molecular complexity index is 1290. The highest BCUT2D eigenvalue weighted by molar-refractivity contribution is 5.70. The molecule has 1 atom stereocenters. The van der Waals surface area contributed by atoms with Crippen LogP contribution in [0.1, 0.15) is 296 Å². The highest BCUT2D eigenvalue weighted by Crippen LogP contribution is 2.17. The molecule has 404 valence electrons. The molecule has 0 aliphatic carbocycles. The Balaban J connectivity index is 3.46. The summed E-state index contributed by atoms with van der Waals surface area (Å²) < 4.78 is 10.7. The number of aliphatic hydroxyl groups excluding tert-OH is 1. The van der Waals surface area contributed by atoms with E-state index in [0.717, 1.165) is 83.5 Å². The third-order valence-corrected chi connectivity index (χ3v) is 13.2. The maximum Gasteiger partial charge on any atom is 0.306 e. The van der Waals surface area contributed by atoms with Gasteiger partial charge in [0.05, 0.1) is 6.61 Å². The standard InChI is InChI=1S/C65H114O5/c1-3-5-7-9-11-13-15-17-19-21-22-23-24-25-26-27-28-29-30-31-32-33-34-35-36-37-38-39-40-41-42-44-46-48-50-52-54-56-58-60-65(68)70-63(61-66)62-69-64(67)59-57-55-53-51-49-47-45-43-20-18-16-14-12-10-8-6-4-2/h5,7,11,13,17,19,22-23,25-26,28-29,31-32,63,66H,3-4,6,8-10,12,14-16,18,20-21,24,27,30,33-62H2,1-2H3/b7-5-,13-11-,19-17-,23-22-,26-25-,29-28-,32-31-. The molecule has 0 aliphatic heterocycles. The van der Waals surface area contributed by atoms with Crippen molar-refractivity contribution in [3.63, 3.8) is 0 Å². The monoisotopic (exact) mass is 975 g/mol. The highest BCUT2D eigenvalue weighted by atomic mass is 16.6. The van der Waals surface area contributed by atoms with E-state index in [-0.39, 0.29) is 25.2 Å². The molecule has 0 radical (unpaired) electrons. The third-order valence-electron chi connectivity index (χ3n) is 13.2. The second-order valence-electron chi connectivity index (χ2n) is 20.1. The Kier molecular flexibility index (Phi) is 57.9. The van der Waals surface area contributed by atoms with E-state index < -0.39 is 6.10 Å². The van der Waals surface area contributed by atoms with Crippen molar-refractivity contribution >= 4 is 11.9 Å². The number of allylic oxidation sites excluding steroid dienone is 14. The van der Waals surface area contributed by atoms with Crippen LogP contribution in [0.2, 0.25) is 0 Å². The van der Waals surface area contributed by atoms with Gasteiger partial charge in [0.1, 0.15) is 6.61 Å². The van der Waals surface area contributed by atoms with Crippen LogP contribution in [0.5, 0.6) is 0 Å². The van der Waals surface area contributed by atoms with E-state index in [1.54, 1.807) is 0 Å². The fourth-order valence-corrected chi connectivity index (χ4v) is 8.71. The molecule has 1 N–H and O–H groups in total. The quantitative estimate of drug-likeness (QED) is 0.0373. The van der Waals surface area contributed by atoms with Gasteiger partial charge >= 0.3 is 11.9 Å². The summed E-state index contributed by atoms with van der Waals surface area (Å²) in [4.78, 5) is 24.5. The van der Waals surface area contributed by atoms with Crippen molar-refractivity contribution in [3.8, 4) is 0 Å². The number of aliphatic hydroxyl groups is 1. The van der Waals surface area contributed by atoms with Gasteiger partial charge in [-0.1, -0.05) is 298 Å². The van der Waals surface area contributed by atoms with Crippen LogP contribution in [0.3, 0.4) is 0 Å². The Labute approximate surface area is 435 Å². The van der Waals surface area contributed by atoms with Gasteiger partial charge in [0.25, 0.3) is 0 Å². The van der Waals surface area contributed by atoms with Crippen LogP contribution in [0.15, 0.2) is 85.1 Å². The summed E-state index contributed by atoms with van der Waals surface area (Å²) >= 11 is 0. The molecular formula is C65H114O5. The Morgan fingerprint density at radius 1 is 0.343 bits per heavy atom. The minimum absolute atomic E-state index is 0.0627. The predicted molar refractivity (Wildman–Crippen MR) is 306 cm³/mol. The fourth-order valence-electron chi connectivity index (χ4n) is 8.71. The summed E-state index contributed by atoms with van der Waals surface area (Å²) in [7, 11) is 0. The zero-order valence-electron chi connectivity index (χ0n) is 46.3. The smallest absolute Gasteiger partial charge is 0.306 e. The molecule has 0 bridgehead atoms. The lowest BCUT2D eigenvalue weighted by Gasteiger charge is -2.15. The Hall–Kier alpha value is -2.92. The zero-order chi connectivity index (χ0) is 50.6. The first-order valence-corrected chi connectivity index (χ1v) is 30.1. The van der Waals surface area contributed by atoms with Gasteiger partial charge in [0, 0.05) is 12.8 Å². The molecule has 0 spiro atoms. The fraction of sp³-hybridized carbons (Fsp3) is 0.754. The van der Waals surface area contributed by atoms with Crippen molar-refractivity contribution < 1.29 is 24.2 Å². The van der Waals surface area contributed by atoms with Crippen LogP contribution in [0.4, 0.5) is 0 Å². The number of esters is 2. The van der Waals surface area contributed by atoms with Gasteiger partial charge in [-0.05, 0) is 70.6 Å². The normalized spacial score (nSPS) is 12.8. The predicted octanol–water partition coefficient (Wildman–Crippen LogP) is 20.5. The van der Waals surface area contributed by atoms with Crippen LogP contribution < -0.4 is 0 Å². The van der Waals surface area contributed by atoms with Crippen LogP contribution >= 0.6 is 0 Å². The second kappa shape index (κ2) is 60.4. The highest BCUT2D eigenvalue weighted by Gasteiger charge is 2.16. The van der Waals surface area contributed by atoms with Crippen LogP contribution in [-0.4, -0.2) is 36.4 Å². The molecule has 0 saturated carbocycles. The molecule has 0 aromatic rings. The van der Waals surface area contributed by atoms with Gasteiger partial charge in [-0.25, -0.2) is 0 Å². The van der Waals surface area contributed by atoms with E-state index in [1.807, 2.05) is 0 Å². The summed E-state index contributed by atoms with van der Waals surface area (Å²) in [6, 6.07) is 0. The molecule has 0 fully saturated rings. The number of carbonyl (C=O) groups excluding carboxylic acids is 2. The summed E-state index contributed by atoms with van der Waals surface area (Å²) in [5.74, 6) is -0.577. The third kappa shape index (κ3) is 57.7. The number of carbonyl (C=O) groups is 2. The van der Waals surface area contributed by atoms with Crippen molar-refractivity contribution in [2.45, 2.75) is 302 Å². The molecule has 0 aromatic heterocycles. The van der Waals surface area contributed by atoms with Gasteiger partial charge in [-0.2, -0.15) is 0 Å². The lowest BCUT2D eigenvalue weighted by atomic mass is 10.0. The largest absolute Gasteiger partial charge is 0.462 e. The van der Waals surface area contributed by atoms with E-state index in [2.05, 4.69) is 98.9 Å². The van der Waals surface area contributed by atoms with Crippen molar-refractivity contribution in [1.82, 2.24) is 0 Å². The number of rotatable bonds is 55. The first-order valence-electron chi connectivity index (χ1n) is 30.1. The molecule has 0 heterocycles. The summed E-state index contributed by atoms with van der Waals surface area (Å²) in [6.45, 7) is 4.06. The maximum atomic E-state index is 12.3. The lowest BCUT2D eigenvalue weighted by Crippen LogP contribution is -2.28. The minimum atomic E-state index is -0.772. The van der Waals surface area contributed by atoms with E-state index in [0.29, 0.717) is 12.8 Å². The van der Waals surface area contributed by atoms with Crippen LogP contribution in [0.25, 0.3) is 0 Å². The van der Waals surface area contributed by atoms with E-state index in [9.17, 15) is 14.7 Å². The number of hydrogen-bond donors (Lipinski definition) is 1. The maximum absolute atomic E-state index is 12.3. The van der Waals surface area contributed by atoms with Gasteiger partial charge in [0.15, 0.2) is 6.10 Å². The minimum Gasteiger partial charge on any atom is -0.462 e. The molecule has 70 heavy (non-hydrogen) atoms. The lowest BCUT2D eigenvalue weighted by molar-refractivity contribution is -0.161. The Morgan fingerprint density at radius 2 is 0.614 bits per heavy atom. The van der Waals surface area contributed by atoms with Gasteiger partial charge in [-0.15, -0.1) is 0 Å². The molecular weight excluding hydrogens is 861 g/mol. The summed E-state index contributed by atoms with van der Waals surface area (Å²) in [5, 5.41) is 9.65. The van der Waals surface area contributed by atoms with E-state index >= 15 is 0 Å². The number of unbranched alkanes of at least 4 members (excludes halogenated alkanes) is 33. The SMILES string of the molecule is CC/C=C\C/C=C\C/C=C\C/C=C\C/C=C\C/C=C\C/C=C\CCCCCCCCCCCCCCCCCCCC(=O)OC(CO)COC(=O)CCCCCCCCCCCCCCCCCCC. The molecule has 0 rings (SSSR count). The van der Waals surface area contributed by atoms with E-state index in [1.165, 1.54) is 186 Å². The first kappa shape index (κ1) is 67.1. The number of ether oxygens (including phenoxy) is 2. The number of hydrogen-bond acceptors (Lipinski definition) is 5. The molecule has 5 nitrogen and oxygen atoms in total. The molecule has 0 saturated heterocycles. The average Bonchev–Trinajstić information content (AvgIpc) is 3.36. The Morgan fingerprint density at radius 3 is 0.929 bits per heavy atom. The summed E-state index contributed by atoms with van der Waals surface area (Å²) in [6.07, 6.45) is 84.3. The molecule has 0 aromatic carbocycles. The van der Waals surface area contributed by atoms with Gasteiger partial charge < -0.3 is 14.6 Å². The zero-order valence-corrected chi connectivity index (χ0v) is 46.3. The summed E-state index contributed by atoms with van der Waals surface area (Å²) in [5.41, 5.74) is 0. The molecule has 0 aliphatic rings. The van der Waals surface area contributed by atoms with Crippen molar-refractivity contribution in [1.29, 1.82) is 0 Å². The van der Waals surface area contributed by atoms with Crippen LogP contribution in [0, 0.1) is 0 Å². The molecule has 5 heteroatoms. The van der Waals surface area contributed by atoms with Crippen LogP contribution in [-0.2, 0) is 19.1 Å². The van der Waals surface area contributed by atoms with Gasteiger partial charge in [-0.3, -0.25) is 9.59 Å². The van der Waals surface area contributed by atoms with Crippen molar-refractivity contribution in [2.24, 2.45) is 0 Å².